The predicted molar refractivity (Wildman–Crippen MR) is 47.7 cm³/mol. The molecule has 0 spiro atoms. The highest BCUT2D eigenvalue weighted by atomic mass is 35.5. The fraction of sp³-hybridized carbons (Fsp3) is 0.143. The molecule has 0 amide bonds. The number of hydrogen-bond donors (Lipinski definition) is 0. The lowest BCUT2D eigenvalue weighted by atomic mass is 10.2. The maximum atomic E-state index is 13.1. The van der Waals surface area contributed by atoms with E-state index in [1.165, 1.54) is 0 Å². The molecule has 1 aromatic heterocycles. The number of ether oxygens (including phenoxy) is 1. The van der Waals surface area contributed by atoms with E-state index in [0.717, 1.165) is 0 Å². The lowest BCUT2D eigenvalue weighted by Crippen LogP contribution is -2.20. The highest BCUT2D eigenvalue weighted by Gasteiger charge is 2.38. The van der Waals surface area contributed by atoms with Crippen molar-refractivity contribution in [2.45, 2.75) is 6.36 Å². The van der Waals surface area contributed by atoms with Crippen molar-refractivity contribution in [3.63, 3.8) is 0 Å². The van der Waals surface area contributed by atoms with E-state index in [1.807, 2.05) is 0 Å². The molecular weight excluding hydrogens is 288 g/mol. The summed E-state index contributed by atoms with van der Waals surface area (Å²) < 4.78 is 52.1. The second-order valence-corrected chi connectivity index (χ2v) is 3.06. The maximum Gasteiger partial charge on any atom is 0.573 e. The Kier molecular flexibility index (Phi) is 3.70. The molecule has 1 aromatic rings. The van der Waals surface area contributed by atoms with Gasteiger partial charge in [0.2, 0.25) is 5.82 Å². The second-order valence-electron chi connectivity index (χ2n) is 2.71. The molecular formula is C7HClF4N2O4. The van der Waals surface area contributed by atoms with Crippen LogP contribution in [0.3, 0.4) is 0 Å². The summed E-state index contributed by atoms with van der Waals surface area (Å²) in [5.74, 6) is -4.73. The quantitative estimate of drug-likeness (QED) is 0.369. The van der Waals surface area contributed by atoms with Crippen molar-refractivity contribution in [2.24, 2.45) is 0 Å². The van der Waals surface area contributed by atoms with Crippen molar-refractivity contribution in [3.8, 4) is 5.75 Å². The number of pyridine rings is 1. The zero-order chi connectivity index (χ0) is 14.1. The zero-order valence-electron chi connectivity index (χ0n) is 7.99. The van der Waals surface area contributed by atoms with E-state index >= 15 is 0 Å². The van der Waals surface area contributed by atoms with Crippen molar-refractivity contribution in [1.82, 2.24) is 4.98 Å². The first kappa shape index (κ1) is 14.1. The summed E-state index contributed by atoms with van der Waals surface area (Å²) in [6, 6.07) is 0. The molecule has 0 saturated heterocycles. The van der Waals surface area contributed by atoms with E-state index in [0.29, 0.717) is 0 Å². The number of aromatic nitrogens is 1. The van der Waals surface area contributed by atoms with E-state index in [1.54, 1.807) is 0 Å². The number of nitrogens with zero attached hydrogens (tertiary/aromatic N) is 2. The highest BCUT2D eigenvalue weighted by Crippen LogP contribution is 2.34. The van der Waals surface area contributed by atoms with Crippen LogP contribution >= 0.6 is 11.6 Å². The first-order chi connectivity index (χ1) is 8.13. The predicted octanol–water partition coefficient (Wildman–Crippen LogP) is 2.41. The Balaban J connectivity index is 3.51. The molecule has 0 saturated carbocycles. The number of carbonyl (C=O) groups excluding carboxylic acids is 1. The monoisotopic (exact) mass is 288 g/mol. The van der Waals surface area contributed by atoms with Crippen LogP contribution in [0.25, 0.3) is 0 Å². The van der Waals surface area contributed by atoms with Crippen LogP contribution < -0.4 is 4.74 Å². The molecule has 0 fully saturated rings. The van der Waals surface area contributed by atoms with Crippen LogP contribution in [0.2, 0.25) is 0 Å². The second kappa shape index (κ2) is 4.72. The standard InChI is InChI=1S/C7HClF4N2O4/c8-5(15)3-4(18-7(10,11)12)2(9)1-13-6(3)14(16)17/h1H. The molecule has 0 aliphatic carbocycles. The summed E-state index contributed by atoms with van der Waals surface area (Å²) in [4.78, 5) is 22.8. The van der Waals surface area contributed by atoms with Crippen LogP contribution in [-0.2, 0) is 0 Å². The van der Waals surface area contributed by atoms with Crippen LogP contribution in [0, 0.1) is 15.9 Å². The Morgan fingerprint density at radius 1 is 1.50 bits per heavy atom. The summed E-state index contributed by atoms with van der Waals surface area (Å²) in [5.41, 5.74) is -1.40. The van der Waals surface area contributed by atoms with Crippen molar-refractivity contribution < 1.29 is 32.0 Å². The first-order valence-electron chi connectivity index (χ1n) is 3.92. The van der Waals surface area contributed by atoms with Gasteiger partial charge in [0.25, 0.3) is 5.24 Å². The number of carbonyl (C=O) groups is 1. The minimum Gasteiger partial charge on any atom is -0.401 e. The van der Waals surface area contributed by atoms with Gasteiger partial charge in [0.15, 0.2) is 17.5 Å². The van der Waals surface area contributed by atoms with E-state index in [4.69, 9.17) is 11.6 Å². The first-order valence-corrected chi connectivity index (χ1v) is 4.29. The molecule has 0 N–H and O–H groups in total. The molecule has 1 heterocycles. The number of hydrogen-bond acceptors (Lipinski definition) is 5. The Bertz CT molecular complexity index is 519. The van der Waals surface area contributed by atoms with Crippen LogP contribution in [0.15, 0.2) is 6.20 Å². The summed E-state index contributed by atoms with van der Waals surface area (Å²) >= 11 is 4.86. The fourth-order valence-electron chi connectivity index (χ4n) is 0.993. The lowest BCUT2D eigenvalue weighted by Gasteiger charge is -2.11. The van der Waals surface area contributed by atoms with Crippen LogP contribution in [-0.4, -0.2) is 21.5 Å². The normalized spacial score (nSPS) is 11.2. The van der Waals surface area contributed by atoms with Crippen LogP contribution in [0.1, 0.15) is 10.4 Å². The van der Waals surface area contributed by atoms with Crippen LogP contribution in [0.4, 0.5) is 23.4 Å². The van der Waals surface area contributed by atoms with Gasteiger partial charge in [-0.1, -0.05) is 0 Å². The van der Waals surface area contributed by atoms with Crippen molar-refractivity contribution in [1.29, 1.82) is 0 Å². The highest BCUT2D eigenvalue weighted by molar-refractivity contribution is 6.68. The van der Waals surface area contributed by atoms with Gasteiger partial charge < -0.3 is 14.9 Å². The molecule has 0 bridgehead atoms. The van der Waals surface area contributed by atoms with E-state index in [2.05, 4.69) is 9.72 Å². The smallest absolute Gasteiger partial charge is 0.401 e. The Labute approximate surface area is 100 Å². The molecule has 98 valence electrons. The van der Waals surface area contributed by atoms with Crippen molar-refractivity contribution >= 4 is 22.7 Å². The van der Waals surface area contributed by atoms with E-state index in [9.17, 15) is 32.5 Å². The van der Waals surface area contributed by atoms with Gasteiger partial charge in [0, 0.05) is 0 Å². The van der Waals surface area contributed by atoms with Crippen molar-refractivity contribution in [3.05, 3.63) is 27.7 Å². The van der Waals surface area contributed by atoms with Crippen LogP contribution in [0.5, 0.6) is 5.75 Å². The largest absolute Gasteiger partial charge is 0.573 e. The molecule has 0 unspecified atom stereocenters. The zero-order valence-corrected chi connectivity index (χ0v) is 8.75. The summed E-state index contributed by atoms with van der Waals surface area (Å²) in [6.45, 7) is 0. The Morgan fingerprint density at radius 2 is 2.06 bits per heavy atom. The Morgan fingerprint density at radius 3 is 2.44 bits per heavy atom. The average molecular weight is 289 g/mol. The van der Waals surface area contributed by atoms with Gasteiger partial charge in [-0.05, 0) is 21.5 Å². The number of alkyl halides is 3. The average Bonchev–Trinajstić information content (AvgIpc) is 2.17. The van der Waals surface area contributed by atoms with Gasteiger partial charge in [-0.3, -0.25) is 4.79 Å². The van der Waals surface area contributed by atoms with Gasteiger partial charge in [-0.25, -0.2) is 0 Å². The molecule has 11 heteroatoms. The van der Waals surface area contributed by atoms with E-state index in [-0.39, 0.29) is 6.20 Å². The molecule has 1 rings (SSSR count). The molecule has 6 nitrogen and oxygen atoms in total. The lowest BCUT2D eigenvalue weighted by molar-refractivity contribution is -0.390. The molecule has 0 atom stereocenters. The van der Waals surface area contributed by atoms with Gasteiger partial charge in [-0.2, -0.15) is 4.39 Å². The third-order valence-electron chi connectivity index (χ3n) is 1.56. The summed E-state index contributed by atoms with van der Waals surface area (Å²) in [7, 11) is 0. The molecule has 0 radical (unpaired) electrons. The van der Waals surface area contributed by atoms with Gasteiger partial charge >= 0.3 is 12.2 Å². The fourth-order valence-corrected chi connectivity index (χ4v) is 1.16. The van der Waals surface area contributed by atoms with Gasteiger partial charge in [0.05, 0.1) is 0 Å². The number of nitro groups is 1. The number of rotatable bonds is 3. The summed E-state index contributed by atoms with van der Waals surface area (Å²) in [5, 5.41) is 8.73. The Hall–Kier alpha value is -1.97. The SMILES string of the molecule is O=C(Cl)c1c([N+](=O)[O-])ncc(F)c1OC(F)(F)F. The number of halogens is 5. The molecule has 0 aromatic carbocycles. The van der Waals surface area contributed by atoms with Gasteiger partial charge in [0.1, 0.15) is 0 Å². The third kappa shape index (κ3) is 3.03. The van der Waals surface area contributed by atoms with Gasteiger partial charge in [-0.15, -0.1) is 13.2 Å². The molecule has 0 aliphatic heterocycles. The minimum atomic E-state index is -5.35. The minimum absolute atomic E-state index is 0.114. The van der Waals surface area contributed by atoms with Crippen molar-refractivity contribution in [2.75, 3.05) is 0 Å². The molecule has 0 aliphatic rings. The maximum absolute atomic E-state index is 13.1. The third-order valence-corrected chi connectivity index (χ3v) is 1.74. The topological polar surface area (TPSA) is 82.3 Å². The van der Waals surface area contributed by atoms with E-state index < -0.39 is 39.5 Å². The summed E-state index contributed by atoms with van der Waals surface area (Å²) in [6.07, 6.45) is -5.24. The molecule has 18 heavy (non-hydrogen) atoms.